The Kier molecular flexibility index (Phi) is 5.32. The van der Waals surface area contributed by atoms with Crippen LogP contribution in [-0.4, -0.2) is 24.1 Å². The van der Waals surface area contributed by atoms with Crippen LogP contribution in [0, 0.1) is 11.3 Å². The van der Waals surface area contributed by atoms with Crippen molar-refractivity contribution in [1.82, 2.24) is 0 Å². The number of amides is 1. The summed E-state index contributed by atoms with van der Waals surface area (Å²) in [6.07, 6.45) is 1.44. The number of nitrogens with zero attached hydrogens (tertiary/aromatic N) is 1. The fourth-order valence-electron chi connectivity index (χ4n) is 1.94. The van der Waals surface area contributed by atoms with Crippen molar-refractivity contribution in [3.8, 4) is 11.8 Å². The maximum absolute atomic E-state index is 12.2. The summed E-state index contributed by atoms with van der Waals surface area (Å²) in [6.45, 7) is 0. The topological polar surface area (TPSA) is 99.4 Å². The number of nitrogens with one attached hydrogen (secondary N) is 1. The van der Waals surface area contributed by atoms with E-state index in [2.05, 4.69) is 5.32 Å². The number of carboxylic acids is 1. The summed E-state index contributed by atoms with van der Waals surface area (Å²) in [5, 5.41) is 20.6. The first-order chi connectivity index (χ1) is 11.5. The molecule has 0 aliphatic rings. The van der Waals surface area contributed by atoms with Crippen LogP contribution in [0.1, 0.15) is 15.9 Å². The molecule has 0 saturated carbocycles. The lowest BCUT2D eigenvalue weighted by Crippen LogP contribution is -2.13. The van der Waals surface area contributed by atoms with Crippen LogP contribution in [-0.2, 0) is 4.79 Å². The lowest BCUT2D eigenvalue weighted by molar-refractivity contribution is -0.112. The summed E-state index contributed by atoms with van der Waals surface area (Å²) in [7, 11) is 1.55. The van der Waals surface area contributed by atoms with Crippen LogP contribution in [0.15, 0.2) is 54.1 Å². The van der Waals surface area contributed by atoms with Gasteiger partial charge in [0.25, 0.3) is 5.91 Å². The van der Waals surface area contributed by atoms with Crippen LogP contribution >= 0.6 is 0 Å². The van der Waals surface area contributed by atoms with E-state index in [0.29, 0.717) is 17.0 Å². The van der Waals surface area contributed by atoms with E-state index in [9.17, 15) is 14.9 Å². The summed E-state index contributed by atoms with van der Waals surface area (Å²) < 4.78 is 5.04. The molecule has 6 heteroatoms. The third-order valence-corrected chi connectivity index (χ3v) is 3.16. The normalized spacial score (nSPS) is 10.6. The smallest absolute Gasteiger partial charge is 0.335 e. The predicted octanol–water partition coefficient (Wildman–Crippen LogP) is 2.94. The largest absolute Gasteiger partial charge is 0.497 e. The van der Waals surface area contributed by atoms with Gasteiger partial charge >= 0.3 is 5.97 Å². The second-order valence-electron chi connectivity index (χ2n) is 4.78. The van der Waals surface area contributed by atoms with Crippen LogP contribution in [0.5, 0.6) is 5.75 Å². The number of carbonyl (C=O) groups is 2. The zero-order chi connectivity index (χ0) is 17.5. The molecule has 2 aromatic rings. The van der Waals surface area contributed by atoms with Crippen LogP contribution in [0.4, 0.5) is 5.69 Å². The zero-order valence-corrected chi connectivity index (χ0v) is 12.8. The first kappa shape index (κ1) is 16.8. The number of nitriles is 1. The standard InChI is InChI=1S/C18H14N2O4/c1-24-16-7-5-12(6-8-16)9-14(11-19)17(21)20-15-4-2-3-13(10-15)18(22)23/h2-10H,1H3,(H,20,21)(H,22,23)/b14-9+. The molecule has 2 rings (SSSR count). The molecule has 0 spiro atoms. The Labute approximate surface area is 138 Å². The molecule has 6 nitrogen and oxygen atoms in total. The number of benzene rings is 2. The minimum absolute atomic E-state index is 0.0467. The van der Waals surface area contributed by atoms with Gasteiger partial charge in [0.15, 0.2) is 0 Å². The molecule has 2 aromatic carbocycles. The Morgan fingerprint density at radius 2 is 1.92 bits per heavy atom. The molecular weight excluding hydrogens is 308 g/mol. The molecule has 1 amide bonds. The number of rotatable bonds is 5. The first-order valence-electron chi connectivity index (χ1n) is 6.94. The molecule has 0 aromatic heterocycles. The number of hydrogen-bond donors (Lipinski definition) is 2. The van der Waals surface area contributed by atoms with Gasteiger partial charge in [-0.2, -0.15) is 5.26 Å². The molecule has 0 aliphatic heterocycles. The molecule has 0 atom stereocenters. The van der Waals surface area contributed by atoms with Gasteiger partial charge in [0.2, 0.25) is 0 Å². The van der Waals surface area contributed by atoms with Crippen LogP contribution in [0.2, 0.25) is 0 Å². The maximum atomic E-state index is 12.2. The summed E-state index contributed by atoms with van der Waals surface area (Å²) in [5.41, 5.74) is 0.920. The third-order valence-electron chi connectivity index (χ3n) is 3.16. The highest BCUT2D eigenvalue weighted by Gasteiger charge is 2.11. The second-order valence-corrected chi connectivity index (χ2v) is 4.78. The number of carbonyl (C=O) groups excluding carboxylic acids is 1. The fraction of sp³-hybridized carbons (Fsp3) is 0.0556. The predicted molar refractivity (Wildman–Crippen MR) is 88.6 cm³/mol. The van der Waals surface area contributed by atoms with E-state index < -0.39 is 11.9 Å². The van der Waals surface area contributed by atoms with Crippen molar-refractivity contribution in [2.45, 2.75) is 0 Å². The summed E-state index contributed by atoms with van der Waals surface area (Å²) in [6, 6.07) is 14.5. The van der Waals surface area contributed by atoms with E-state index in [1.807, 2.05) is 6.07 Å². The van der Waals surface area contributed by atoms with E-state index in [1.165, 1.54) is 24.3 Å². The molecule has 0 saturated heterocycles. The van der Waals surface area contributed by atoms with Crippen LogP contribution in [0.3, 0.4) is 0 Å². The number of aromatic carboxylic acids is 1. The van der Waals surface area contributed by atoms with E-state index in [-0.39, 0.29) is 11.1 Å². The minimum Gasteiger partial charge on any atom is -0.497 e. The number of hydrogen-bond acceptors (Lipinski definition) is 4. The fourth-order valence-corrected chi connectivity index (χ4v) is 1.94. The summed E-state index contributed by atoms with van der Waals surface area (Å²) in [4.78, 5) is 23.1. The van der Waals surface area contributed by atoms with Crippen molar-refractivity contribution in [2.75, 3.05) is 12.4 Å². The Hall–Kier alpha value is -3.59. The van der Waals surface area contributed by atoms with Gasteiger partial charge in [-0.1, -0.05) is 18.2 Å². The highest BCUT2D eigenvalue weighted by atomic mass is 16.5. The first-order valence-corrected chi connectivity index (χ1v) is 6.94. The van der Waals surface area contributed by atoms with Gasteiger partial charge in [0.05, 0.1) is 12.7 Å². The molecular formula is C18H14N2O4. The SMILES string of the molecule is COc1ccc(/C=C(\C#N)C(=O)Nc2cccc(C(=O)O)c2)cc1. The number of methoxy groups -OCH3 is 1. The Morgan fingerprint density at radius 1 is 1.21 bits per heavy atom. The van der Waals surface area contributed by atoms with E-state index in [4.69, 9.17) is 9.84 Å². The lowest BCUT2D eigenvalue weighted by Gasteiger charge is -2.05. The molecule has 0 heterocycles. The average molecular weight is 322 g/mol. The van der Waals surface area contributed by atoms with Gasteiger partial charge in [-0.05, 0) is 42.0 Å². The van der Waals surface area contributed by atoms with Crippen LogP contribution < -0.4 is 10.1 Å². The monoisotopic (exact) mass is 322 g/mol. The molecule has 0 aliphatic carbocycles. The van der Waals surface area contributed by atoms with Gasteiger partial charge in [-0.15, -0.1) is 0 Å². The van der Waals surface area contributed by atoms with Crippen molar-refractivity contribution in [2.24, 2.45) is 0 Å². The quantitative estimate of drug-likeness (QED) is 0.651. The van der Waals surface area contributed by atoms with Crippen molar-refractivity contribution in [3.63, 3.8) is 0 Å². The summed E-state index contributed by atoms with van der Waals surface area (Å²) in [5.74, 6) is -1.04. The van der Waals surface area contributed by atoms with Gasteiger partial charge < -0.3 is 15.2 Å². The number of anilines is 1. The molecule has 0 fully saturated rings. The minimum atomic E-state index is -1.10. The van der Waals surface area contributed by atoms with Gasteiger partial charge in [-0.25, -0.2) is 4.79 Å². The molecule has 0 bridgehead atoms. The second kappa shape index (κ2) is 7.61. The third kappa shape index (κ3) is 4.21. The lowest BCUT2D eigenvalue weighted by atomic mass is 10.1. The van der Waals surface area contributed by atoms with Gasteiger partial charge in [-0.3, -0.25) is 4.79 Å². The van der Waals surface area contributed by atoms with Gasteiger partial charge in [0, 0.05) is 5.69 Å². The maximum Gasteiger partial charge on any atom is 0.335 e. The van der Waals surface area contributed by atoms with E-state index in [0.717, 1.165) is 0 Å². The molecule has 120 valence electrons. The number of carboxylic acid groups (broad SMARTS) is 1. The molecule has 2 N–H and O–H groups in total. The highest BCUT2D eigenvalue weighted by molar-refractivity contribution is 6.10. The van der Waals surface area contributed by atoms with E-state index in [1.54, 1.807) is 37.4 Å². The average Bonchev–Trinajstić information content (AvgIpc) is 2.60. The van der Waals surface area contributed by atoms with Gasteiger partial charge in [0.1, 0.15) is 17.4 Å². The van der Waals surface area contributed by atoms with Crippen molar-refractivity contribution in [1.29, 1.82) is 5.26 Å². The van der Waals surface area contributed by atoms with Crippen molar-refractivity contribution < 1.29 is 19.4 Å². The zero-order valence-electron chi connectivity index (χ0n) is 12.8. The summed E-state index contributed by atoms with van der Waals surface area (Å²) >= 11 is 0. The Bertz CT molecular complexity index is 833. The highest BCUT2D eigenvalue weighted by Crippen LogP contribution is 2.16. The van der Waals surface area contributed by atoms with Crippen molar-refractivity contribution in [3.05, 3.63) is 65.2 Å². The van der Waals surface area contributed by atoms with E-state index >= 15 is 0 Å². The van der Waals surface area contributed by atoms with Crippen molar-refractivity contribution >= 4 is 23.6 Å². The molecule has 0 radical (unpaired) electrons. The molecule has 0 unspecified atom stereocenters. The Balaban J connectivity index is 2.19. The number of ether oxygens (including phenoxy) is 1. The van der Waals surface area contributed by atoms with Crippen LogP contribution in [0.25, 0.3) is 6.08 Å². The Morgan fingerprint density at radius 3 is 2.50 bits per heavy atom. The molecule has 24 heavy (non-hydrogen) atoms.